The van der Waals surface area contributed by atoms with Crippen LogP contribution < -0.4 is 15.9 Å². The van der Waals surface area contributed by atoms with E-state index in [2.05, 4.69) is 52.1 Å². The smallest absolute Gasteiger partial charge is 0.260 e. The van der Waals surface area contributed by atoms with Crippen LogP contribution in [0.5, 0.6) is 5.75 Å². The van der Waals surface area contributed by atoms with Crippen LogP contribution in [-0.2, 0) is 13.2 Å². The molecule has 0 bridgehead atoms. The third kappa shape index (κ3) is 3.97. The van der Waals surface area contributed by atoms with Gasteiger partial charge in [0, 0.05) is 0 Å². The molecule has 0 radical (unpaired) electrons. The lowest BCUT2D eigenvalue weighted by Gasteiger charge is -2.10. The summed E-state index contributed by atoms with van der Waals surface area (Å²) in [5, 5.41) is 10.8. The Bertz CT molecular complexity index is 768. The van der Waals surface area contributed by atoms with E-state index in [1.54, 1.807) is 0 Å². The van der Waals surface area contributed by atoms with Crippen LogP contribution in [0.25, 0.3) is 0 Å². The van der Waals surface area contributed by atoms with E-state index in [9.17, 15) is 0 Å². The molecule has 3 N–H and O–H groups in total. The molecule has 0 amide bonds. The SMILES string of the molecule is Cc1ccc(COc2cccc(CNn3nnnc3N)c2)cc1. The second kappa shape index (κ2) is 6.78. The molecule has 1 aromatic heterocycles. The van der Waals surface area contributed by atoms with Crippen LogP contribution >= 0.6 is 0 Å². The minimum Gasteiger partial charge on any atom is -0.489 e. The van der Waals surface area contributed by atoms with Gasteiger partial charge in [0.15, 0.2) is 0 Å². The van der Waals surface area contributed by atoms with Gasteiger partial charge in [-0.1, -0.05) is 47.1 Å². The first kappa shape index (κ1) is 14.8. The van der Waals surface area contributed by atoms with Gasteiger partial charge in [-0.15, -0.1) is 4.79 Å². The minimum atomic E-state index is 0.219. The number of nitrogens with two attached hydrogens (primary N) is 1. The van der Waals surface area contributed by atoms with Crippen LogP contribution in [0.3, 0.4) is 0 Å². The van der Waals surface area contributed by atoms with E-state index in [1.165, 1.54) is 10.4 Å². The molecule has 0 fully saturated rings. The van der Waals surface area contributed by atoms with Crippen molar-refractivity contribution in [2.75, 3.05) is 11.2 Å². The summed E-state index contributed by atoms with van der Waals surface area (Å²) in [6.45, 7) is 3.15. The second-order valence-electron chi connectivity index (χ2n) is 5.21. The highest BCUT2D eigenvalue weighted by Crippen LogP contribution is 2.15. The fourth-order valence-electron chi connectivity index (χ4n) is 2.07. The number of nitrogen functional groups attached to an aromatic ring is 1. The average Bonchev–Trinajstić information content (AvgIpc) is 2.98. The molecule has 23 heavy (non-hydrogen) atoms. The lowest BCUT2D eigenvalue weighted by atomic mass is 10.2. The number of aromatic nitrogens is 4. The summed E-state index contributed by atoms with van der Waals surface area (Å²) in [6.07, 6.45) is 0. The molecule has 0 unspecified atom stereocenters. The van der Waals surface area contributed by atoms with E-state index in [0.29, 0.717) is 13.2 Å². The van der Waals surface area contributed by atoms with Crippen LogP contribution in [0.2, 0.25) is 0 Å². The molecule has 118 valence electrons. The summed E-state index contributed by atoms with van der Waals surface area (Å²) in [5.41, 5.74) is 12.0. The number of hydrogen-bond acceptors (Lipinski definition) is 6. The molecule has 0 saturated carbocycles. The lowest BCUT2D eigenvalue weighted by molar-refractivity contribution is 0.306. The van der Waals surface area contributed by atoms with Crippen LogP contribution in [0, 0.1) is 6.92 Å². The normalized spacial score (nSPS) is 10.5. The summed E-state index contributed by atoms with van der Waals surface area (Å²) in [4.78, 5) is 1.33. The van der Waals surface area contributed by atoms with Crippen molar-refractivity contribution in [3.63, 3.8) is 0 Å². The Morgan fingerprint density at radius 3 is 2.70 bits per heavy atom. The number of nitrogens with zero attached hydrogens (tertiary/aromatic N) is 4. The van der Waals surface area contributed by atoms with E-state index in [1.807, 2.05) is 24.3 Å². The maximum absolute atomic E-state index is 5.83. The van der Waals surface area contributed by atoms with E-state index in [0.717, 1.165) is 16.9 Å². The molecule has 0 aliphatic rings. The van der Waals surface area contributed by atoms with Gasteiger partial charge >= 0.3 is 0 Å². The summed E-state index contributed by atoms with van der Waals surface area (Å²) >= 11 is 0. The van der Waals surface area contributed by atoms with Crippen molar-refractivity contribution < 1.29 is 4.74 Å². The fourth-order valence-corrected chi connectivity index (χ4v) is 2.07. The molecule has 7 nitrogen and oxygen atoms in total. The van der Waals surface area contributed by atoms with Crippen molar-refractivity contribution in [2.45, 2.75) is 20.1 Å². The summed E-state index contributed by atoms with van der Waals surface area (Å²) in [6, 6.07) is 16.1. The predicted molar refractivity (Wildman–Crippen MR) is 87.2 cm³/mol. The highest BCUT2D eigenvalue weighted by atomic mass is 16.5. The highest BCUT2D eigenvalue weighted by molar-refractivity contribution is 5.30. The lowest BCUT2D eigenvalue weighted by Crippen LogP contribution is -2.18. The third-order valence-electron chi connectivity index (χ3n) is 3.35. The standard InChI is InChI=1S/C16H18N6O/c1-12-5-7-13(8-6-12)11-23-15-4-2-3-14(9-15)10-18-22-16(17)19-20-21-22/h2-9,18H,10-11H2,1H3,(H2,17,19,21). The van der Waals surface area contributed by atoms with Crippen LogP contribution in [0.1, 0.15) is 16.7 Å². The highest BCUT2D eigenvalue weighted by Gasteiger charge is 2.02. The number of ether oxygens (including phenoxy) is 1. The van der Waals surface area contributed by atoms with Crippen molar-refractivity contribution in [3.05, 3.63) is 65.2 Å². The van der Waals surface area contributed by atoms with Gasteiger partial charge in [-0.3, -0.25) is 0 Å². The van der Waals surface area contributed by atoms with Gasteiger partial charge in [0.25, 0.3) is 5.95 Å². The van der Waals surface area contributed by atoms with E-state index < -0.39 is 0 Å². The van der Waals surface area contributed by atoms with Crippen molar-refractivity contribution in [3.8, 4) is 5.75 Å². The molecule has 3 rings (SSSR count). The molecular formula is C16H18N6O. The van der Waals surface area contributed by atoms with Gasteiger partial charge < -0.3 is 15.9 Å². The first-order valence-corrected chi connectivity index (χ1v) is 7.26. The molecule has 1 heterocycles. The molecule has 0 atom stereocenters. The molecule has 0 aliphatic heterocycles. The molecule has 2 aromatic carbocycles. The number of tetrazole rings is 1. The zero-order valence-electron chi connectivity index (χ0n) is 12.8. The zero-order valence-corrected chi connectivity index (χ0v) is 12.8. The molecular weight excluding hydrogens is 292 g/mol. The quantitative estimate of drug-likeness (QED) is 0.722. The first-order chi connectivity index (χ1) is 11.2. The Morgan fingerprint density at radius 1 is 1.13 bits per heavy atom. The maximum Gasteiger partial charge on any atom is 0.260 e. The number of aryl methyl sites for hydroxylation is 1. The number of nitrogens with one attached hydrogen (secondary N) is 1. The minimum absolute atomic E-state index is 0.219. The van der Waals surface area contributed by atoms with E-state index >= 15 is 0 Å². The van der Waals surface area contributed by atoms with Gasteiger partial charge in [0.1, 0.15) is 12.4 Å². The van der Waals surface area contributed by atoms with Crippen LogP contribution in [0.15, 0.2) is 48.5 Å². The number of hydrogen-bond donors (Lipinski definition) is 2. The monoisotopic (exact) mass is 310 g/mol. The number of anilines is 1. The van der Waals surface area contributed by atoms with E-state index in [4.69, 9.17) is 10.5 Å². The van der Waals surface area contributed by atoms with Crippen molar-refractivity contribution in [2.24, 2.45) is 0 Å². The molecule has 0 spiro atoms. The third-order valence-corrected chi connectivity index (χ3v) is 3.35. The van der Waals surface area contributed by atoms with Crippen molar-refractivity contribution in [1.82, 2.24) is 20.3 Å². The summed E-state index contributed by atoms with van der Waals surface area (Å²) < 4.78 is 5.83. The Balaban J connectivity index is 1.58. The Kier molecular flexibility index (Phi) is 4.37. The average molecular weight is 310 g/mol. The fraction of sp³-hybridized carbons (Fsp3) is 0.188. The predicted octanol–water partition coefficient (Wildman–Crippen LogP) is 1.89. The van der Waals surface area contributed by atoms with Gasteiger partial charge in [-0.05, 0) is 40.6 Å². The van der Waals surface area contributed by atoms with Crippen molar-refractivity contribution >= 4 is 5.95 Å². The zero-order chi connectivity index (χ0) is 16.1. The van der Waals surface area contributed by atoms with Crippen LogP contribution in [0.4, 0.5) is 5.95 Å². The topological polar surface area (TPSA) is 90.9 Å². The largest absolute Gasteiger partial charge is 0.489 e. The van der Waals surface area contributed by atoms with Crippen LogP contribution in [-0.4, -0.2) is 20.3 Å². The number of rotatable bonds is 6. The molecule has 3 aromatic rings. The van der Waals surface area contributed by atoms with Gasteiger partial charge in [-0.25, -0.2) is 0 Å². The van der Waals surface area contributed by atoms with Gasteiger partial charge in [0.2, 0.25) is 0 Å². The van der Waals surface area contributed by atoms with Crippen molar-refractivity contribution in [1.29, 1.82) is 0 Å². The van der Waals surface area contributed by atoms with Gasteiger partial charge in [-0.2, -0.15) is 0 Å². The summed E-state index contributed by atoms with van der Waals surface area (Å²) in [5.74, 6) is 1.03. The van der Waals surface area contributed by atoms with Gasteiger partial charge in [0.05, 0.1) is 6.54 Å². The second-order valence-corrected chi connectivity index (χ2v) is 5.21. The Morgan fingerprint density at radius 2 is 1.96 bits per heavy atom. The summed E-state index contributed by atoms with van der Waals surface area (Å²) in [7, 11) is 0. The first-order valence-electron chi connectivity index (χ1n) is 7.26. The number of benzene rings is 2. The Labute approximate surface area is 134 Å². The Hall–Kier alpha value is -3.09. The molecule has 0 aliphatic carbocycles. The van der Waals surface area contributed by atoms with E-state index in [-0.39, 0.29) is 5.95 Å². The molecule has 0 saturated heterocycles. The molecule has 7 heteroatoms. The maximum atomic E-state index is 5.83.